The van der Waals surface area contributed by atoms with Crippen LogP contribution < -0.4 is 5.73 Å². The van der Waals surface area contributed by atoms with Crippen molar-refractivity contribution in [3.8, 4) is 6.07 Å². The summed E-state index contributed by atoms with van der Waals surface area (Å²) in [5, 5.41) is 8.68. The average Bonchev–Trinajstić information content (AvgIpc) is 2.48. The van der Waals surface area contributed by atoms with E-state index in [9.17, 15) is 12.8 Å². The molecule has 3 N–H and O–H groups in total. The Morgan fingerprint density at radius 2 is 1.86 bits per heavy atom. The highest BCUT2D eigenvalue weighted by atomic mass is 32.2. The Morgan fingerprint density at radius 3 is 2.43 bits per heavy atom. The third kappa shape index (κ3) is 3.37. The summed E-state index contributed by atoms with van der Waals surface area (Å²) in [7, 11) is -3.93. The van der Waals surface area contributed by atoms with Crippen LogP contribution in [0.25, 0.3) is 4.72 Å². The van der Waals surface area contributed by atoms with E-state index in [1.54, 1.807) is 0 Å². The predicted octanol–water partition coefficient (Wildman–Crippen LogP) is 1.83. The third-order valence-electron chi connectivity index (χ3n) is 2.81. The standard InChI is InChI=1S/C14H11FN3O2S/c15-14-6-5-13(7-11(14)9-17)21(19,20)18-12-3-1-10(8-16)2-4-12/h1-7H,9,17H2/q-1/p+1. The molecule has 2 rings (SSSR count). The van der Waals surface area contributed by atoms with Gasteiger partial charge < -0.3 is 10.5 Å². The SMILES string of the molecule is N#Cc1ccc([N-]S(=O)(=O)c2ccc(F)c(C[NH3+])c2)cc1. The lowest BCUT2D eigenvalue weighted by atomic mass is 10.2. The van der Waals surface area contributed by atoms with Crippen molar-refractivity contribution in [2.24, 2.45) is 0 Å². The fourth-order valence-electron chi connectivity index (χ4n) is 1.69. The van der Waals surface area contributed by atoms with E-state index in [-0.39, 0.29) is 22.7 Å². The summed E-state index contributed by atoms with van der Waals surface area (Å²) in [5.74, 6) is -0.498. The quantitative estimate of drug-likeness (QED) is 0.932. The highest BCUT2D eigenvalue weighted by Crippen LogP contribution is 2.28. The zero-order chi connectivity index (χ0) is 15.5. The van der Waals surface area contributed by atoms with Gasteiger partial charge in [0.2, 0.25) is 0 Å². The lowest BCUT2D eigenvalue weighted by molar-refractivity contribution is -0.387. The molecule has 0 fully saturated rings. The van der Waals surface area contributed by atoms with E-state index in [4.69, 9.17) is 5.26 Å². The molecule has 21 heavy (non-hydrogen) atoms. The first-order valence-electron chi connectivity index (χ1n) is 6.02. The number of benzene rings is 2. The molecule has 0 unspecified atom stereocenters. The highest BCUT2D eigenvalue weighted by Gasteiger charge is 2.09. The Hall–Kier alpha value is -2.43. The molecule has 0 aliphatic rings. The Kier molecular flexibility index (Phi) is 4.21. The maximum atomic E-state index is 13.4. The molecule has 0 radical (unpaired) electrons. The van der Waals surface area contributed by atoms with Gasteiger partial charge in [0.15, 0.2) is 0 Å². The van der Waals surface area contributed by atoms with Crippen LogP contribution in [0.15, 0.2) is 47.4 Å². The van der Waals surface area contributed by atoms with Crippen LogP contribution in [0, 0.1) is 17.1 Å². The number of nitrogens with zero attached hydrogens (tertiary/aromatic N) is 2. The number of hydrogen-bond donors (Lipinski definition) is 1. The van der Waals surface area contributed by atoms with Gasteiger partial charge in [-0.3, -0.25) is 0 Å². The molecule has 2 aromatic rings. The topological polar surface area (TPSA) is 99.7 Å². The van der Waals surface area contributed by atoms with Gasteiger partial charge in [0.05, 0.1) is 16.5 Å². The molecule has 5 nitrogen and oxygen atoms in total. The summed E-state index contributed by atoms with van der Waals surface area (Å²) in [5.41, 5.74) is 4.37. The van der Waals surface area contributed by atoms with Crippen molar-refractivity contribution >= 4 is 15.7 Å². The summed E-state index contributed by atoms with van der Waals surface area (Å²) in [6, 6.07) is 11.2. The van der Waals surface area contributed by atoms with Gasteiger partial charge in [-0.05, 0) is 30.3 Å². The molecule has 0 aliphatic carbocycles. The van der Waals surface area contributed by atoms with Crippen molar-refractivity contribution < 1.29 is 18.5 Å². The van der Waals surface area contributed by atoms with Crippen molar-refractivity contribution in [1.29, 1.82) is 5.26 Å². The Balaban J connectivity index is 2.31. The average molecular weight is 305 g/mol. The van der Waals surface area contributed by atoms with Crippen LogP contribution in [0.3, 0.4) is 0 Å². The molecule has 108 valence electrons. The van der Waals surface area contributed by atoms with Crippen molar-refractivity contribution in [2.45, 2.75) is 11.4 Å². The van der Waals surface area contributed by atoms with Crippen molar-refractivity contribution in [1.82, 2.24) is 0 Å². The first-order chi connectivity index (χ1) is 9.96. The fraction of sp³-hybridized carbons (Fsp3) is 0.0714. The fourth-order valence-corrected chi connectivity index (χ4v) is 2.73. The van der Waals surface area contributed by atoms with Gasteiger partial charge in [0.25, 0.3) is 0 Å². The zero-order valence-electron chi connectivity index (χ0n) is 11.0. The van der Waals surface area contributed by atoms with E-state index in [2.05, 4.69) is 10.5 Å². The van der Waals surface area contributed by atoms with Crippen LogP contribution in [0.1, 0.15) is 11.1 Å². The molecule has 7 heteroatoms. The van der Waals surface area contributed by atoms with Crippen molar-refractivity contribution in [3.05, 3.63) is 64.1 Å². The maximum Gasteiger partial charge on any atom is 0.132 e. The minimum absolute atomic E-state index is 0.0908. The minimum atomic E-state index is -3.93. The molecule has 0 saturated heterocycles. The molecule has 2 aromatic carbocycles. The largest absolute Gasteiger partial charge is 0.573 e. The summed E-state index contributed by atoms with van der Waals surface area (Å²) in [6.07, 6.45) is 0. The van der Waals surface area contributed by atoms with Crippen LogP contribution in [0.4, 0.5) is 10.1 Å². The van der Waals surface area contributed by atoms with Crippen LogP contribution in [0.2, 0.25) is 0 Å². The van der Waals surface area contributed by atoms with Crippen molar-refractivity contribution in [3.63, 3.8) is 0 Å². The predicted molar refractivity (Wildman–Crippen MR) is 74.4 cm³/mol. The Labute approximate surface area is 121 Å². The molecule has 0 aromatic heterocycles. The van der Waals surface area contributed by atoms with Gasteiger partial charge in [-0.2, -0.15) is 5.26 Å². The monoisotopic (exact) mass is 305 g/mol. The summed E-state index contributed by atoms with van der Waals surface area (Å²) in [6.45, 7) is 0.145. The summed E-state index contributed by atoms with van der Waals surface area (Å²) >= 11 is 0. The van der Waals surface area contributed by atoms with Crippen LogP contribution in [-0.2, 0) is 16.6 Å². The number of quaternary nitrogens is 1. The number of hydrogen-bond acceptors (Lipinski definition) is 3. The smallest absolute Gasteiger partial charge is 0.132 e. The second kappa shape index (κ2) is 5.91. The number of nitriles is 1. The van der Waals surface area contributed by atoms with E-state index >= 15 is 0 Å². The van der Waals surface area contributed by atoms with Gasteiger partial charge in [0.1, 0.15) is 22.4 Å². The van der Waals surface area contributed by atoms with Crippen LogP contribution in [-0.4, -0.2) is 8.42 Å². The second-order valence-electron chi connectivity index (χ2n) is 4.23. The van der Waals surface area contributed by atoms with Gasteiger partial charge in [-0.25, -0.2) is 12.8 Å². The summed E-state index contributed by atoms with van der Waals surface area (Å²) in [4.78, 5) is -0.0908. The number of sulfonamides is 1. The molecule has 0 spiro atoms. The molecule has 0 saturated carbocycles. The van der Waals surface area contributed by atoms with E-state index in [1.165, 1.54) is 30.3 Å². The van der Waals surface area contributed by atoms with Crippen LogP contribution >= 0.6 is 0 Å². The molecule has 0 heterocycles. The lowest BCUT2D eigenvalue weighted by Crippen LogP contribution is -2.47. The second-order valence-corrected chi connectivity index (χ2v) is 5.83. The minimum Gasteiger partial charge on any atom is -0.573 e. The van der Waals surface area contributed by atoms with Crippen molar-refractivity contribution in [2.75, 3.05) is 0 Å². The number of halogens is 1. The first kappa shape index (κ1) is 15.0. The summed E-state index contributed by atoms with van der Waals surface area (Å²) < 4.78 is 41.4. The zero-order valence-corrected chi connectivity index (χ0v) is 11.8. The van der Waals surface area contributed by atoms with E-state index in [0.29, 0.717) is 5.56 Å². The molecule has 0 bridgehead atoms. The lowest BCUT2D eigenvalue weighted by Gasteiger charge is -2.22. The van der Waals surface area contributed by atoms with Crippen LogP contribution in [0.5, 0.6) is 0 Å². The molecular weight excluding hydrogens is 293 g/mol. The first-order valence-corrected chi connectivity index (χ1v) is 7.46. The normalized spacial score (nSPS) is 10.9. The Bertz CT molecular complexity index is 796. The van der Waals surface area contributed by atoms with Gasteiger partial charge >= 0.3 is 0 Å². The van der Waals surface area contributed by atoms with Gasteiger partial charge in [-0.15, -0.1) is 5.69 Å². The maximum absolute atomic E-state index is 13.4. The van der Waals surface area contributed by atoms with Gasteiger partial charge in [0, 0.05) is 5.56 Å². The highest BCUT2D eigenvalue weighted by molar-refractivity contribution is 7.94. The number of rotatable bonds is 4. The molecule has 0 amide bonds. The van der Waals surface area contributed by atoms with E-state index in [1.807, 2.05) is 6.07 Å². The molecule has 0 atom stereocenters. The van der Waals surface area contributed by atoms with Gasteiger partial charge in [-0.1, -0.05) is 12.1 Å². The van der Waals surface area contributed by atoms with E-state index in [0.717, 1.165) is 12.1 Å². The van der Waals surface area contributed by atoms with E-state index < -0.39 is 15.8 Å². The third-order valence-corrected chi connectivity index (χ3v) is 4.11. The Morgan fingerprint density at radius 1 is 1.19 bits per heavy atom. The molecular formula is C14H12FN3O2S. The molecule has 0 aliphatic heterocycles.